The van der Waals surface area contributed by atoms with Crippen molar-refractivity contribution in [1.29, 1.82) is 0 Å². The lowest BCUT2D eigenvalue weighted by Crippen LogP contribution is -2.30. The zero-order chi connectivity index (χ0) is 21.1. The summed E-state index contributed by atoms with van der Waals surface area (Å²) >= 11 is 1.35. The Labute approximate surface area is 176 Å². The number of aliphatic imine (C=N–C) groups is 1. The van der Waals surface area contributed by atoms with E-state index in [0.29, 0.717) is 5.17 Å². The van der Waals surface area contributed by atoms with Gasteiger partial charge in [-0.3, -0.25) is 14.5 Å². The van der Waals surface area contributed by atoms with Crippen LogP contribution in [0.25, 0.3) is 0 Å². The van der Waals surface area contributed by atoms with Crippen LogP contribution in [-0.2, 0) is 16.0 Å². The van der Waals surface area contributed by atoms with Crippen LogP contribution >= 0.6 is 11.8 Å². The van der Waals surface area contributed by atoms with Gasteiger partial charge in [0.15, 0.2) is 5.17 Å². The molecule has 0 spiro atoms. The monoisotopic (exact) mass is 409 g/mol. The van der Waals surface area contributed by atoms with Crippen molar-refractivity contribution in [2.45, 2.75) is 45.8 Å². The summed E-state index contributed by atoms with van der Waals surface area (Å²) in [6.07, 6.45) is 1.09. The van der Waals surface area contributed by atoms with Crippen LogP contribution < -0.4 is 5.32 Å². The molecule has 0 saturated carbocycles. The van der Waals surface area contributed by atoms with Gasteiger partial charge < -0.3 is 5.32 Å². The second-order valence-electron chi connectivity index (χ2n) is 7.44. The lowest BCUT2D eigenvalue weighted by atomic mass is 10.0. The van der Waals surface area contributed by atoms with Crippen LogP contribution in [0.2, 0.25) is 0 Å². The number of hydrogen-bond acceptors (Lipinski definition) is 4. The Morgan fingerprint density at radius 3 is 2.34 bits per heavy atom. The highest BCUT2D eigenvalue weighted by atomic mass is 32.2. The molecule has 1 aliphatic heterocycles. The van der Waals surface area contributed by atoms with Crippen molar-refractivity contribution < 1.29 is 9.59 Å². The zero-order valence-electron chi connectivity index (χ0n) is 17.6. The predicted octanol–water partition coefficient (Wildman–Crippen LogP) is 4.76. The first-order valence-electron chi connectivity index (χ1n) is 9.78. The molecule has 1 N–H and O–H groups in total. The highest BCUT2D eigenvalue weighted by molar-refractivity contribution is 8.15. The fourth-order valence-electron chi connectivity index (χ4n) is 3.45. The fraction of sp³-hybridized carbons (Fsp3) is 0.348. The third kappa shape index (κ3) is 4.88. The Kier molecular flexibility index (Phi) is 6.42. The minimum atomic E-state index is -0.459. The van der Waals surface area contributed by atoms with E-state index in [4.69, 9.17) is 0 Å². The van der Waals surface area contributed by atoms with Gasteiger partial charge >= 0.3 is 0 Å². The highest BCUT2D eigenvalue weighted by Crippen LogP contribution is 2.31. The topological polar surface area (TPSA) is 61.8 Å². The standard InChI is InChI=1S/C23H27N3O2S/c1-6-17-7-9-18(10-8-17)24-23-26(5)22(28)19(29-23)13-20(27)25-21-15(3)11-14(2)12-16(21)4/h7-12,19H,6,13H2,1-5H3,(H,25,27)/t19-/m1/s1. The molecule has 3 rings (SSSR count). The van der Waals surface area contributed by atoms with E-state index in [0.717, 1.165) is 34.5 Å². The Hall–Kier alpha value is -2.60. The molecule has 6 heteroatoms. The number of hydrogen-bond donors (Lipinski definition) is 1. The summed E-state index contributed by atoms with van der Waals surface area (Å²) in [6, 6.07) is 12.1. The number of amidine groups is 1. The molecule has 0 unspecified atom stereocenters. The summed E-state index contributed by atoms with van der Waals surface area (Å²) in [6.45, 7) is 8.10. The van der Waals surface area contributed by atoms with Gasteiger partial charge in [-0.1, -0.05) is 48.5 Å². The van der Waals surface area contributed by atoms with Gasteiger partial charge in [-0.15, -0.1) is 0 Å². The SMILES string of the molecule is CCc1ccc(N=C2S[C@H](CC(=O)Nc3c(C)cc(C)cc3C)C(=O)N2C)cc1. The number of carbonyl (C=O) groups is 2. The summed E-state index contributed by atoms with van der Waals surface area (Å²) in [5.41, 5.74) is 6.09. The van der Waals surface area contributed by atoms with Crippen LogP contribution in [0.1, 0.15) is 35.6 Å². The number of nitrogens with one attached hydrogen (secondary N) is 1. The van der Waals surface area contributed by atoms with E-state index in [1.165, 1.54) is 17.3 Å². The molecule has 1 saturated heterocycles. The molecule has 1 atom stereocenters. The van der Waals surface area contributed by atoms with Crippen molar-refractivity contribution in [2.24, 2.45) is 4.99 Å². The molecule has 0 radical (unpaired) electrons. The summed E-state index contributed by atoms with van der Waals surface area (Å²) < 4.78 is 0. The number of nitrogens with zero attached hydrogens (tertiary/aromatic N) is 2. The van der Waals surface area contributed by atoms with Crippen LogP contribution in [0, 0.1) is 20.8 Å². The molecule has 1 aliphatic rings. The maximum Gasteiger partial charge on any atom is 0.242 e. The number of carbonyl (C=O) groups excluding carboxylic acids is 2. The first-order valence-corrected chi connectivity index (χ1v) is 10.7. The normalized spacial score (nSPS) is 17.8. The van der Waals surface area contributed by atoms with Gasteiger partial charge in [-0.2, -0.15) is 0 Å². The zero-order valence-corrected chi connectivity index (χ0v) is 18.4. The van der Waals surface area contributed by atoms with Gasteiger partial charge in [0, 0.05) is 19.2 Å². The third-order valence-electron chi connectivity index (χ3n) is 5.02. The van der Waals surface area contributed by atoms with Gasteiger partial charge in [-0.05, 0) is 56.0 Å². The maximum absolute atomic E-state index is 12.6. The largest absolute Gasteiger partial charge is 0.326 e. The van der Waals surface area contributed by atoms with Crippen LogP contribution in [0.15, 0.2) is 41.4 Å². The molecule has 0 bridgehead atoms. The first-order chi connectivity index (χ1) is 13.8. The smallest absolute Gasteiger partial charge is 0.242 e. The lowest BCUT2D eigenvalue weighted by molar-refractivity contribution is -0.127. The van der Waals surface area contributed by atoms with Crippen LogP contribution in [0.3, 0.4) is 0 Å². The van der Waals surface area contributed by atoms with E-state index < -0.39 is 5.25 Å². The van der Waals surface area contributed by atoms with E-state index in [2.05, 4.69) is 17.2 Å². The first kappa shape index (κ1) is 21.1. The second kappa shape index (κ2) is 8.82. The van der Waals surface area contributed by atoms with Crippen LogP contribution in [-0.4, -0.2) is 34.2 Å². The van der Waals surface area contributed by atoms with E-state index >= 15 is 0 Å². The number of thioether (sulfide) groups is 1. The maximum atomic E-state index is 12.6. The number of amides is 2. The number of anilines is 1. The minimum absolute atomic E-state index is 0.0913. The molecule has 152 valence electrons. The third-order valence-corrected chi connectivity index (χ3v) is 6.25. The summed E-state index contributed by atoms with van der Waals surface area (Å²) in [5, 5.41) is 3.15. The van der Waals surface area contributed by atoms with E-state index in [-0.39, 0.29) is 18.2 Å². The van der Waals surface area contributed by atoms with E-state index in [1.807, 2.05) is 57.2 Å². The van der Waals surface area contributed by atoms with Gasteiger partial charge in [0.2, 0.25) is 11.8 Å². The average molecular weight is 410 g/mol. The molecule has 5 nitrogen and oxygen atoms in total. The molecule has 1 fully saturated rings. The minimum Gasteiger partial charge on any atom is -0.326 e. The van der Waals surface area contributed by atoms with Crippen molar-refractivity contribution in [3.63, 3.8) is 0 Å². The lowest BCUT2D eigenvalue weighted by Gasteiger charge is -2.14. The molecule has 2 amide bonds. The molecule has 29 heavy (non-hydrogen) atoms. The Balaban J connectivity index is 1.69. The van der Waals surface area contributed by atoms with Crippen molar-refractivity contribution in [3.8, 4) is 0 Å². The Morgan fingerprint density at radius 1 is 1.14 bits per heavy atom. The van der Waals surface area contributed by atoms with E-state index in [1.54, 1.807) is 11.9 Å². The quantitative estimate of drug-likeness (QED) is 0.774. The molecule has 0 aromatic heterocycles. The highest BCUT2D eigenvalue weighted by Gasteiger charge is 2.37. The summed E-state index contributed by atoms with van der Waals surface area (Å²) in [7, 11) is 1.71. The van der Waals surface area contributed by atoms with Crippen molar-refractivity contribution in [1.82, 2.24) is 4.90 Å². The molecule has 0 aliphatic carbocycles. The molecule has 1 heterocycles. The molecule has 2 aromatic carbocycles. The van der Waals surface area contributed by atoms with Gasteiger partial charge in [-0.25, -0.2) is 4.99 Å². The van der Waals surface area contributed by atoms with Crippen LogP contribution in [0.5, 0.6) is 0 Å². The Morgan fingerprint density at radius 2 is 1.76 bits per heavy atom. The predicted molar refractivity (Wildman–Crippen MR) is 121 cm³/mol. The van der Waals surface area contributed by atoms with Crippen molar-refractivity contribution in [2.75, 3.05) is 12.4 Å². The average Bonchev–Trinajstić information content (AvgIpc) is 2.93. The van der Waals surface area contributed by atoms with Gasteiger partial charge in [0.05, 0.1) is 5.69 Å². The second-order valence-corrected chi connectivity index (χ2v) is 8.61. The van der Waals surface area contributed by atoms with E-state index in [9.17, 15) is 9.59 Å². The molecule has 2 aromatic rings. The van der Waals surface area contributed by atoms with Crippen molar-refractivity contribution >= 4 is 40.1 Å². The van der Waals surface area contributed by atoms with Crippen molar-refractivity contribution in [3.05, 3.63) is 58.7 Å². The number of rotatable bonds is 5. The molecular formula is C23H27N3O2S. The number of benzene rings is 2. The summed E-state index contributed by atoms with van der Waals surface area (Å²) in [5.74, 6) is -0.251. The number of aryl methyl sites for hydroxylation is 4. The van der Waals surface area contributed by atoms with Gasteiger partial charge in [0.25, 0.3) is 0 Å². The van der Waals surface area contributed by atoms with Crippen LogP contribution in [0.4, 0.5) is 11.4 Å². The Bertz CT molecular complexity index is 944. The van der Waals surface area contributed by atoms with Gasteiger partial charge in [0.1, 0.15) is 5.25 Å². The molecular weight excluding hydrogens is 382 g/mol. The summed E-state index contributed by atoms with van der Waals surface area (Å²) in [4.78, 5) is 31.4. The fourth-order valence-corrected chi connectivity index (χ4v) is 4.60.